The molecule has 1 aromatic carbocycles. The van der Waals surface area contributed by atoms with Crippen LogP contribution in [0.15, 0.2) is 24.3 Å². The van der Waals surface area contributed by atoms with Crippen LogP contribution in [0, 0.1) is 18.3 Å². The van der Waals surface area contributed by atoms with Crippen molar-refractivity contribution in [2.75, 3.05) is 31.5 Å². The molecular weight excluding hydrogens is 326 g/mol. The van der Waals surface area contributed by atoms with Gasteiger partial charge in [0.2, 0.25) is 5.91 Å². The summed E-state index contributed by atoms with van der Waals surface area (Å²) < 4.78 is 0. The molecule has 5 nitrogen and oxygen atoms in total. The van der Waals surface area contributed by atoms with E-state index in [1.165, 1.54) is 19.3 Å². The maximum atomic E-state index is 13.2. The second-order valence-corrected chi connectivity index (χ2v) is 8.35. The van der Waals surface area contributed by atoms with E-state index >= 15 is 0 Å². The first-order valence-corrected chi connectivity index (χ1v) is 9.98. The number of nitrogens with zero attached hydrogens (tertiary/aromatic N) is 2. The molecule has 0 aromatic heterocycles. The highest BCUT2D eigenvalue weighted by molar-refractivity contribution is 5.92. The molecule has 26 heavy (non-hydrogen) atoms. The minimum absolute atomic E-state index is 0.0832. The molecule has 3 amide bonds. The zero-order valence-electron chi connectivity index (χ0n) is 15.7. The standard InChI is InChI=1S/C21H29N3O2/c1-16-6-2-3-9-18(16)22-20(26)24-13-11-21(15-24)10-5-12-23(19(21)25)14-17-7-4-8-17/h2-3,6,9,17H,4-5,7-8,10-15H2,1H3,(H,22,26). The van der Waals surface area contributed by atoms with Gasteiger partial charge in [0, 0.05) is 31.9 Å². The van der Waals surface area contributed by atoms with Gasteiger partial charge >= 0.3 is 6.03 Å². The number of hydrogen-bond acceptors (Lipinski definition) is 2. The number of carbonyl (C=O) groups excluding carboxylic acids is 2. The van der Waals surface area contributed by atoms with Crippen LogP contribution in [0.4, 0.5) is 10.5 Å². The molecule has 3 aliphatic rings. The first kappa shape index (κ1) is 17.4. The predicted octanol–water partition coefficient (Wildman–Crippen LogP) is 3.64. The molecular formula is C21H29N3O2. The van der Waals surface area contributed by atoms with Crippen LogP contribution in [0.2, 0.25) is 0 Å². The van der Waals surface area contributed by atoms with E-state index in [0.29, 0.717) is 24.9 Å². The Morgan fingerprint density at radius 3 is 2.73 bits per heavy atom. The van der Waals surface area contributed by atoms with E-state index in [1.807, 2.05) is 36.1 Å². The summed E-state index contributed by atoms with van der Waals surface area (Å²) in [5.74, 6) is 0.998. The molecule has 1 atom stereocenters. The number of aryl methyl sites for hydroxylation is 1. The van der Waals surface area contributed by atoms with Crippen LogP contribution in [-0.2, 0) is 4.79 Å². The van der Waals surface area contributed by atoms with Crippen molar-refractivity contribution in [3.63, 3.8) is 0 Å². The largest absolute Gasteiger partial charge is 0.342 e. The number of para-hydroxylation sites is 1. The van der Waals surface area contributed by atoms with Gasteiger partial charge < -0.3 is 15.1 Å². The lowest BCUT2D eigenvalue weighted by atomic mass is 9.77. The van der Waals surface area contributed by atoms with Crippen LogP contribution in [0.3, 0.4) is 0 Å². The lowest BCUT2D eigenvalue weighted by Gasteiger charge is -2.42. The number of benzene rings is 1. The van der Waals surface area contributed by atoms with Gasteiger partial charge in [0.15, 0.2) is 0 Å². The number of piperidine rings is 1. The Bertz CT molecular complexity index is 700. The zero-order valence-corrected chi connectivity index (χ0v) is 15.7. The normalized spacial score (nSPS) is 26.3. The molecule has 1 spiro atoms. The van der Waals surface area contributed by atoms with E-state index in [9.17, 15) is 9.59 Å². The maximum Gasteiger partial charge on any atom is 0.321 e. The Labute approximate surface area is 155 Å². The molecule has 2 aliphatic heterocycles. The zero-order chi connectivity index (χ0) is 18.1. The van der Waals surface area contributed by atoms with Crippen molar-refractivity contribution in [3.8, 4) is 0 Å². The summed E-state index contributed by atoms with van der Waals surface area (Å²) >= 11 is 0. The van der Waals surface area contributed by atoms with Gasteiger partial charge in [0.25, 0.3) is 0 Å². The minimum Gasteiger partial charge on any atom is -0.342 e. The number of carbonyl (C=O) groups is 2. The topological polar surface area (TPSA) is 52.7 Å². The van der Waals surface area contributed by atoms with E-state index in [1.54, 1.807) is 0 Å². The first-order chi connectivity index (χ1) is 12.6. The Hall–Kier alpha value is -2.04. The Morgan fingerprint density at radius 2 is 2.00 bits per heavy atom. The van der Waals surface area contributed by atoms with Gasteiger partial charge in [-0.2, -0.15) is 0 Å². The molecule has 5 heteroatoms. The van der Waals surface area contributed by atoms with Crippen LogP contribution in [0.1, 0.15) is 44.1 Å². The molecule has 1 aliphatic carbocycles. The Balaban J connectivity index is 1.40. The summed E-state index contributed by atoms with van der Waals surface area (Å²) in [4.78, 5) is 29.8. The van der Waals surface area contributed by atoms with E-state index in [2.05, 4.69) is 10.2 Å². The van der Waals surface area contributed by atoms with Crippen LogP contribution in [-0.4, -0.2) is 47.9 Å². The summed E-state index contributed by atoms with van der Waals surface area (Å²) in [6.45, 7) is 5.04. The summed E-state index contributed by atoms with van der Waals surface area (Å²) in [5.41, 5.74) is 1.56. The average Bonchev–Trinajstić information content (AvgIpc) is 3.02. The highest BCUT2D eigenvalue weighted by atomic mass is 16.2. The van der Waals surface area contributed by atoms with Crippen LogP contribution in [0.5, 0.6) is 0 Å². The van der Waals surface area contributed by atoms with E-state index in [4.69, 9.17) is 0 Å². The number of urea groups is 1. The van der Waals surface area contributed by atoms with E-state index in [-0.39, 0.29) is 11.4 Å². The molecule has 1 N–H and O–H groups in total. The van der Waals surface area contributed by atoms with Crippen molar-refractivity contribution in [1.29, 1.82) is 0 Å². The first-order valence-electron chi connectivity index (χ1n) is 9.98. The third-order valence-electron chi connectivity index (χ3n) is 6.56. The van der Waals surface area contributed by atoms with Crippen molar-refractivity contribution in [3.05, 3.63) is 29.8 Å². The van der Waals surface area contributed by atoms with Gasteiger partial charge in [-0.25, -0.2) is 4.79 Å². The third kappa shape index (κ3) is 3.19. The molecule has 140 valence electrons. The highest BCUT2D eigenvalue weighted by Crippen LogP contribution is 2.41. The Kier molecular flexibility index (Phi) is 4.63. The van der Waals surface area contributed by atoms with Gasteiger partial charge in [0.1, 0.15) is 0 Å². The van der Waals surface area contributed by atoms with Crippen molar-refractivity contribution in [1.82, 2.24) is 9.80 Å². The minimum atomic E-state index is -0.342. The summed E-state index contributed by atoms with van der Waals surface area (Å²) in [6.07, 6.45) is 6.62. The van der Waals surface area contributed by atoms with E-state index in [0.717, 1.165) is 43.6 Å². The quantitative estimate of drug-likeness (QED) is 0.900. The lowest BCUT2D eigenvalue weighted by Crippen LogP contribution is -2.52. The SMILES string of the molecule is Cc1ccccc1NC(=O)N1CCC2(CCCN(CC3CCC3)C2=O)C1. The number of anilines is 1. The van der Waals surface area contributed by atoms with E-state index < -0.39 is 0 Å². The molecule has 2 heterocycles. The molecule has 1 unspecified atom stereocenters. The monoisotopic (exact) mass is 355 g/mol. The van der Waals surface area contributed by atoms with Gasteiger partial charge in [-0.15, -0.1) is 0 Å². The summed E-state index contributed by atoms with van der Waals surface area (Å²) in [6, 6.07) is 7.72. The fourth-order valence-electron chi connectivity index (χ4n) is 4.65. The predicted molar refractivity (Wildman–Crippen MR) is 102 cm³/mol. The number of likely N-dealkylation sites (tertiary alicyclic amines) is 2. The third-order valence-corrected chi connectivity index (χ3v) is 6.56. The van der Waals surface area contributed by atoms with Crippen molar-refractivity contribution >= 4 is 17.6 Å². The fourth-order valence-corrected chi connectivity index (χ4v) is 4.65. The fraction of sp³-hybridized carbons (Fsp3) is 0.619. The van der Waals surface area contributed by atoms with Gasteiger partial charge in [-0.3, -0.25) is 4.79 Å². The molecule has 4 rings (SSSR count). The smallest absolute Gasteiger partial charge is 0.321 e. The maximum absolute atomic E-state index is 13.2. The average molecular weight is 355 g/mol. The lowest BCUT2D eigenvalue weighted by molar-refractivity contribution is -0.146. The van der Waals surface area contributed by atoms with Crippen LogP contribution in [0.25, 0.3) is 0 Å². The molecule has 1 saturated carbocycles. The molecule has 3 fully saturated rings. The number of nitrogens with one attached hydrogen (secondary N) is 1. The van der Waals surface area contributed by atoms with Crippen molar-refractivity contribution in [2.24, 2.45) is 11.3 Å². The van der Waals surface area contributed by atoms with Gasteiger partial charge in [-0.05, 0) is 56.6 Å². The second-order valence-electron chi connectivity index (χ2n) is 8.35. The second kappa shape index (κ2) is 6.93. The molecule has 0 bridgehead atoms. The van der Waals surface area contributed by atoms with Gasteiger partial charge in [0.05, 0.1) is 5.41 Å². The van der Waals surface area contributed by atoms with Crippen LogP contribution < -0.4 is 5.32 Å². The Morgan fingerprint density at radius 1 is 1.19 bits per heavy atom. The van der Waals surface area contributed by atoms with Crippen LogP contribution >= 0.6 is 0 Å². The highest BCUT2D eigenvalue weighted by Gasteiger charge is 2.49. The summed E-state index contributed by atoms with van der Waals surface area (Å²) in [7, 11) is 0. The van der Waals surface area contributed by atoms with Gasteiger partial charge in [-0.1, -0.05) is 24.6 Å². The summed E-state index contributed by atoms with van der Waals surface area (Å²) in [5, 5.41) is 3.01. The van der Waals surface area contributed by atoms with Crippen molar-refractivity contribution < 1.29 is 9.59 Å². The number of rotatable bonds is 3. The molecule has 1 aromatic rings. The molecule has 2 saturated heterocycles. The van der Waals surface area contributed by atoms with Crippen molar-refractivity contribution in [2.45, 2.75) is 45.4 Å². The number of hydrogen-bond donors (Lipinski definition) is 1. The number of amides is 3. The molecule has 0 radical (unpaired) electrons.